The summed E-state index contributed by atoms with van der Waals surface area (Å²) in [6.45, 7) is 3.09. The van der Waals surface area contributed by atoms with Crippen LogP contribution in [0.2, 0.25) is 0 Å². The van der Waals surface area contributed by atoms with Crippen LogP contribution in [0.15, 0.2) is 40.8 Å². The molecule has 112 valence electrons. The number of furan rings is 1. The number of hydrogen-bond acceptors (Lipinski definition) is 2. The number of rotatable bonds is 4. The fraction of sp³-hybridized carbons (Fsp3) is 0.444. The summed E-state index contributed by atoms with van der Waals surface area (Å²) in [6.07, 6.45) is 5.19. The van der Waals surface area contributed by atoms with Gasteiger partial charge in [-0.1, -0.05) is 19.8 Å². The van der Waals surface area contributed by atoms with Crippen molar-refractivity contribution < 1.29 is 8.81 Å². The molecule has 0 bridgehead atoms. The highest BCUT2D eigenvalue weighted by Crippen LogP contribution is 2.25. The quantitative estimate of drug-likeness (QED) is 0.877. The van der Waals surface area contributed by atoms with Gasteiger partial charge in [-0.05, 0) is 55.2 Å². The highest BCUT2D eigenvalue weighted by Gasteiger charge is 2.18. The minimum atomic E-state index is -0.224. The second-order valence-corrected chi connectivity index (χ2v) is 6.12. The second-order valence-electron chi connectivity index (χ2n) is 6.12. The van der Waals surface area contributed by atoms with Crippen LogP contribution in [-0.2, 0) is 6.54 Å². The zero-order valence-corrected chi connectivity index (χ0v) is 12.4. The fourth-order valence-electron chi connectivity index (χ4n) is 3.11. The van der Waals surface area contributed by atoms with Crippen molar-refractivity contribution in [3.8, 4) is 11.3 Å². The Morgan fingerprint density at radius 3 is 2.71 bits per heavy atom. The van der Waals surface area contributed by atoms with Gasteiger partial charge in [-0.3, -0.25) is 0 Å². The monoisotopic (exact) mass is 287 g/mol. The number of benzene rings is 1. The van der Waals surface area contributed by atoms with Crippen molar-refractivity contribution in [2.75, 3.05) is 0 Å². The molecule has 1 saturated carbocycles. The summed E-state index contributed by atoms with van der Waals surface area (Å²) in [4.78, 5) is 0. The maximum atomic E-state index is 12.9. The molecule has 1 aliphatic rings. The Bertz CT molecular complexity index is 575. The molecule has 1 heterocycles. The lowest BCUT2D eigenvalue weighted by Crippen LogP contribution is -2.32. The summed E-state index contributed by atoms with van der Waals surface area (Å²) in [5, 5.41) is 3.59. The molecule has 1 N–H and O–H groups in total. The molecule has 0 aliphatic heterocycles. The van der Waals surface area contributed by atoms with Crippen molar-refractivity contribution in [3.05, 3.63) is 48.0 Å². The van der Waals surface area contributed by atoms with Crippen LogP contribution in [0.5, 0.6) is 0 Å². The molecule has 0 spiro atoms. The predicted octanol–water partition coefficient (Wildman–Crippen LogP) is 4.75. The molecule has 1 aromatic carbocycles. The van der Waals surface area contributed by atoms with Crippen LogP contribution >= 0.6 is 0 Å². The Morgan fingerprint density at radius 1 is 1.14 bits per heavy atom. The highest BCUT2D eigenvalue weighted by molar-refractivity contribution is 5.57. The van der Waals surface area contributed by atoms with Crippen molar-refractivity contribution in [1.82, 2.24) is 5.32 Å². The lowest BCUT2D eigenvalue weighted by molar-refractivity contribution is 0.294. The van der Waals surface area contributed by atoms with Crippen molar-refractivity contribution in [3.63, 3.8) is 0 Å². The smallest absolute Gasteiger partial charge is 0.134 e. The van der Waals surface area contributed by atoms with E-state index in [1.807, 2.05) is 12.1 Å². The van der Waals surface area contributed by atoms with E-state index in [-0.39, 0.29) is 5.82 Å². The van der Waals surface area contributed by atoms with Gasteiger partial charge in [-0.25, -0.2) is 4.39 Å². The molecule has 0 amide bonds. The first kappa shape index (κ1) is 14.3. The van der Waals surface area contributed by atoms with Gasteiger partial charge in [0, 0.05) is 11.6 Å². The average Bonchev–Trinajstić information content (AvgIpc) is 2.95. The van der Waals surface area contributed by atoms with E-state index in [2.05, 4.69) is 12.2 Å². The molecule has 2 unspecified atom stereocenters. The van der Waals surface area contributed by atoms with Gasteiger partial charge >= 0.3 is 0 Å². The first-order chi connectivity index (χ1) is 10.2. The molecule has 3 rings (SSSR count). The van der Waals surface area contributed by atoms with Crippen LogP contribution in [0.25, 0.3) is 11.3 Å². The summed E-state index contributed by atoms with van der Waals surface area (Å²) in [7, 11) is 0. The zero-order chi connectivity index (χ0) is 14.7. The second kappa shape index (κ2) is 6.44. The Kier molecular flexibility index (Phi) is 4.39. The molecule has 1 aliphatic carbocycles. The van der Waals surface area contributed by atoms with E-state index >= 15 is 0 Å². The van der Waals surface area contributed by atoms with Gasteiger partial charge in [-0.15, -0.1) is 0 Å². The molecule has 3 heteroatoms. The van der Waals surface area contributed by atoms with E-state index in [1.165, 1.54) is 37.8 Å². The summed E-state index contributed by atoms with van der Waals surface area (Å²) >= 11 is 0. The highest BCUT2D eigenvalue weighted by atomic mass is 19.1. The lowest BCUT2D eigenvalue weighted by atomic mass is 9.87. The Morgan fingerprint density at radius 2 is 1.95 bits per heavy atom. The SMILES string of the molecule is CC1CCCC(NCc2ccc(-c3ccc(F)cc3)o2)C1. The number of hydrogen-bond donors (Lipinski definition) is 1. The third-order valence-corrected chi connectivity index (χ3v) is 4.29. The average molecular weight is 287 g/mol. The maximum absolute atomic E-state index is 12.9. The van der Waals surface area contributed by atoms with Crippen LogP contribution in [0, 0.1) is 11.7 Å². The van der Waals surface area contributed by atoms with Crippen LogP contribution in [0.1, 0.15) is 38.4 Å². The summed E-state index contributed by atoms with van der Waals surface area (Å²) < 4.78 is 18.8. The van der Waals surface area contributed by atoms with Crippen molar-refractivity contribution in [2.45, 2.75) is 45.2 Å². The lowest BCUT2D eigenvalue weighted by Gasteiger charge is -2.27. The minimum Gasteiger partial charge on any atom is -0.460 e. The molecule has 0 saturated heterocycles. The first-order valence-corrected chi connectivity index (χ1v) is 7.79. The van der Waals surface area contributed by atoms with E-state index < -0.39 is 0 Å². The van der Waals surface area contributed by atoms with Gasteiger partial charge in [-0.2, -0.15) is 0 Å². The van der Waals surface area contributed by atoms with E-state index in [0.29, 0.717) is 6.04 Å². The topological polar surface area (TPSA) is 25.2 Å². The molecular formula is C18H22FNO. The Hall–Kier alpha value is -1.61. The Balaban J connectivity index is 1.59. The van der Waals surface area contributed by atoms with E-state index in [0.717, 1.165) is 29.5 Å². The van der Waals surface area contributed by atoms with Gasteiger partial charge in [0.25, 0.3) is 0 Å². The van der Waals surface area contributed by atoms with Crippen molar-refractivity contribution in [2.24, 2.45) is 5.92 Å². The van der Waals surface area contributed by atoms with Crippen LogP contribution in [0.4, 0.5) is 4.39 Å². The van der Waals surface area contributed by atoms with Crippen LogP contribution in [0.3, 0.4) is 0 Å². The van der Waals surface area contributed by atoms with Crippen molar-refractivity contribution in [1.29, 1.82) is 0 Å². The molecule has 2 aromatic rings. The van der Waals surface area contributed by atoms with E-state index in [4.69, 9.17) is 4.42 Å². The fourth-order valence-corrected chi connectivity index (χ4v) is 3.11. The summed E-state index contributed by atoms with van der Waals surface area (Å²) in [6, 6.07) is 11.0. The van der Waals surface area contributed by atoms with Gasteiger partial charge in [0.1, 0.15) is 17.3 Å². The standard InChI is InChI=1S/C18H22FNO/c1-13-3-2-4-16(11-13)20-12-17-9-10-18(21-17)14-5-7-15(19)8-6-14/h5-10,13,16,20H,2-4,11-12H2,1H3. The Labute approximate surface area is 125 Å². The molecule has 21 heavy (non-hydrogen) atoms. The van der Waals surface area contributed by atoms with Crippen molar-refractivity contribution >= 4 is 0 Å². The number of nitrogens with one attached hydrogen (secondary N) is 1. The minimum absolute atomic E-state index is 0.224. The number of halogens is 1. The van der Waals surface area contributed by atoms with Crippen LogP contribution in [-0.4, -0.2) is 6.04 Å². The molecule has 2 nitrogen and oxygen atoms in total. The normalized spacial score (nSPS) is 22.4. The van der Waals surface area contributed by atoms with Gasteiger partial charge in [0.05, 0.1) is 6.54 Å². The molecular weight excluding hydrogens is 265 g/mol. The zero-order valence-electron chi connectivity index (χ0n) is 12.4. The third kappa shape index (κ3) is 3.73. The summed E-state index contributed by atoms with van der Waals surface area (Å²) in [5.41, 5.74) is 0.911. The van der Waals surface area contributed by atoms with Crippen LogP contribution < -0.4 is 5.32 Å². The molecule has 2 atom stereocenters. The van der Waals surface area contributed by atoms with Gasteiger partial charge in [0.2, 0.25) is 0 Å². The largest absolute Gasteiger partial charge is 0.460 e. The predicted molar refractivity (Wildman–Crippen MR) is 82.4 cm³/mol. The maximum Gasteiger partial charge on any atom is 0.134 e. The molecule has 0 radical (unpaired) electrons. The first-order valence-electron chi connectivity index (χ1n) is 7.79. The third-order valence-electron chi connectivity index (χ3n) is 4.29. The van der Waals surface area contributed by atoms with Gasteiger partial charge in [0.15, 0.2) is 0 Å². The molecule has 1 aromatic heterocycles. The van der Waals surface area contributed by atoms with E-state index in [1.54, 1.807) is 12.1 Å². The summed E-state index contributed by atoms with van der Waals surface area (Å²) in [5.74, 6) is 2.33. The van der Waals surface area contributed by atoms with E-state index in [9.17, 15) is 4.39 Å². The van der Waals surface area contributed by atoms with Gasteiger partial charge < -0.3 is 9.73 Å². The molecule has 1 fully saturated rings.